The van der Waals surface area contributed by atoms with Gasteiger partial charge in [-0.15, -0.1) is 5.10 Å². The van der Waals surface area contributed by atoms with Gasteiger partial charge in [0, 0.05) is 61.4 Å². The van der Waals surface area contributed by atoms with E-state index in [1.165, 1.54) is 27.7 Å². The third-order valence-electron chi connectivity index (χ3n) is 9.18. The smallest absolute Gasteiger partial charge is 0.350 e. The molecule has 0 spiro atoms. The van der Waals surface area contributed by atoms with Crippen molar-refractivity contribution in [3.05, 3.63) is 113 Å². The second-order valence-corrected chi connectivity index (χ2v) is 12.3. The van der Waals surface area contributed by atoms with Gasteiger partial charge < -0.3 is 24.0 Å². The summed E-state index contributed by atoms with van der Waals surface area (Å²) in [4.78, 5) is 17.5. The van der Waals surface area contributed by atoms with Crippen molar-refractivity contribution in [1.29, 1.82) is 0 Å². The molecule has 3 aromatic carbocycles. The van der Waals surface area contributed by atoms with Crippen molar-refractivity contribution in [2.75, 3.05) is 49.2 Å². The minimum absolute atomic E-state index is 0.0331. The van der Waals surface area contributed by atoms with E-state index in [1.54, 1.807) is 17.1 Å². The Morgan fingerprint density at radius 1 is 0.959 bits per heavy atom. The van der Waals surface area contributed by atoms with E-state index in [0.717, 1.165) is 55.7 Å². The van der Waals surface area contributed by atoms with Gasteiger partial charge in [0.15, 0.2) is 0 Å². The maximum atomic E-state index is 14.9. The van der Waals surface area contributed by atoms with E-state index in [2.05, 4.69) is 25.2 Å². The molecule has 3 unspecified atom stereocenters. The van der Waals surface area contributed by atoms with E-state index in [4.69, 9.17) is 14.2 Å². The highest BCUT2D eigenvalue weighted by atomic mass is 19.1. The summed E-state index contributed by atoms with van der Waals surface area (Å²) < 4.78 is 51.4. The summed E-state index contributed by atoms with van der Waals surface area (Å²) in [5.41, 5.74) is 2.89. The summed E-state index contributed by atoms with van der Waals surface area (Å²) in [7, 11) is 0. The van der Waals surface area contributed by atoms with Crippen LogP contribution in [0.2, 0.25) is 0 Å². The molecule has 4 heterocycles. The number of hydrogen-bond donors (Lipinski definition) is 0. The second kappa shape index (κ2) is 13.8. The largest absolute Gasteiger partial charge is 0.491 e. The number of aromatic nitrogens is 6. The minimum Gasteiger partial charge on any atom is -0.491 e. The molecule has 7 rings (SSSR count). The number of benzene rings is 3. The van der Waals surface area contributed by atoms with Gasteiger partial charge in [-0.1, -0.05) is 12.1 Å². The third-order valence-corrected chi connectivity index (χ3v) is 9.18. The van der Waals surface area contributed by atoms with Crippen molar-refractivity contribution < 1.29 is 23.0 Å². The lowest BCUT2D eigenvalue weighted by Gasteiger charge is -2.37. The van der Waals surface area contributed by atoms with E-state index < -0.39 is 23.5 Å². The Bertz CT molecular complexity index is 1910. The zero-order valence-corrected chi connectivity index (χ0v) is 27.4. The molecular weight excluding hydrogens is 634 g/mol. The summed E-state index contributed by atoms with van der Waals surface area (Å²) in [5.74, 6) is -2.30. The Morgan fingerprint density at radius 3 is 2.27 bits per heavy atom. The van der Waals surface area contributed by atoms with E-state index in [9.17, 15) is 13.6 Å². The van der Waals surface area contributed by atoms with Crippen LogP contribution in [0, 0.1) is 11.6 Å². The number of rotatable bonds is 11. The Morgan fingerprint density at radius 2 is 1.63 bits per heavy atom. The van der Waals surface area contributed by atoms with E-state index in [0.29, 0.717) is 5.75 Å². The zero-order valence-electron chi connectivity index (χ0n) is 27.4. The molecule has 2 saturated heterocycles. The molecular formula is C35H38F2N8O4. The van der Waals surface area contributed by atoms with Gasteiger partial charge >= 0.3 is 5.69 Å². The Labute approximate surface area is 282 Å². The Balaban J connectivity index is 0.925. The van der Waals surface area contributed by atoms with Crippen LogP contribution >= 0.6 is 0 Å². The van der Waals surface area contributed by atoms with Crippen LogP contribution in [0.5, 0.6) is 5.75 Å². The van der Waals surface area contributed by atoms with Crippen LogP contribution in [0.15, 0.2) is 90.2 Å². The van der Waals surface area contributed by atoms with Crippen LogP contribution in [0.25, 0.3) is 5.69 Å². The van der Waals surface area contributed by atoms with Crippen LogP contribution in [-0.2, 0) is 21.8 Å². The summed E-state index contributed by atoms with van der Waals surface area (Å²) in [5, 5.41) is 12.1. The number of piperazine rings is 1. The summed E-state index contributed by atoms with van der Waals surface area (Å²) >= 11 is 0. The highest BCUT2D eigenvalue weighted by Gasteiger charge is 2.46. The van der Waals surface area contributed by atoms with Gasteiger partial charge in [-0.25, -0.2) is 18.3 Å². The molecule has 14 heteroatoms. The van der Waals surface area contributed by atoms with Crippen molar-refractivity contribution in [2.45, 2.75) is 44.7 Å². The topological polar surface area (TPSA) is 105 Å². The molecule has 2 aliphatic heterocycles. The lowest BCUT2D eigenvalue weighted by Crippen LogP contribution is -2.46. The van der Waals surface area contributed by atoms with Gasteiger partial charge in [-0.3, -0.25) is 4.57 Å². The lowest BCUT2D eigenvalue weighted by atomic mass is 10.0. The van der Waals surface area contributed by atoms with Crippen LogP contribution in [0.1, 0.15) is 31.9 Å². The summed E-state index contributed by atoms with van der Waals surface area (Å²) in [6, 6.07) is 19.3. The molecule has 5 aromatic rings. The molecule has 2 aliphatic rings. The minimum atomic E-state index is -1.51. The molecule has 0 N–H and O–H groups in total. The molecule has 12 nitrogen and oxygen atoms in total. The fourth-order valence-electron chi connectivity index (χ4n) is 6.25. The molecule has 0 saturated carbocycles. The monoisotopic (exact) mass is 672 g/mol. The standard InChI is InChI=1S/C35H38F2N8O4/c1-3-25(2)44-24-39-45(34(44)46)29-7-5-27(6-8-29)41-16-18-42(19-17-41)28-9-11-30(12-10-28)47-21-31-22-48-35(49-31,23-43-15-14-38-40-43)32-13-4-26(36)20-33(32)37/h4-15,20,24-25,31H,3,16-19,21-23H2,1-2H3. The first-order chi connectivity index (χ1) is 23.8. The zero-order chi connectivity index (χ0) is 34.0. The molecule has 49 heavy (non-hydrogen) atoms. The van der Waals surface area contributed by atoms with Crippen LogP contribution in [-0.4, -0.2) is 74.8 Å². The number of nitrogens with zero attached hydrogens (tertiary/aromatic N) is 8. The van der Waals surface area contributed by atoms with Gasteiger partial charge in [0.05, 0.1) is 18.5 Å². The van der Waals surface area contributed by atoms with Crippen LogP contribution in [0.4, 0.5) is 20.2 Å². The first-order valence-electron chi connectivity index (χ1n) is 16.4. The van der Waals surface area contributed by atoms with Crippen molar-refractivity contribution in [3.63, 3.8) is 0 Å². The molecule has 256 valence electrons. The molecule has 0 radical (unpaired) electrons. The van der Waals surface area contributed by atoms with Crippen molar-refractivity contribution in [1.82, 2.24) is 29.3 Å². The molecule has 3 atom stereocenters. The van der Waals surface area contributed by atoms with E-state index >= 15 is 0 Å². The van der Waals surface area contributed by atoms with Gasteiger partial charge in [0.2, 0.25) is 5.79 Å². The van der Waals surface area contributed by atoms with Crippen molar-refractivity contribution in [2.24, 2.45) is 0 Å². The van der Waals surface area contributed by atoms with Crippen LogP contribution < -0.4 is 20.2 Å². The van der Waals surface area contributed by atoms with Gasteiger partial charge in [0.1, 0.15) is 43.0 Å². The quantitative estimate of drug-likeness (QED) is 0.200. The average Bonchev–Trinajstić information content (AvgIpc) is 3.88. The predicted molar refractivity (Wildman–Crippen MR) is 178 cm³/mol. The number of halogens is 2. The number of ether oxygens (including phenoxy) is 3. The number of hydrogen-bond acceptors (Lipinski definition) is 9. The maximum absolute atomic E-state index is 14.9. The van der Waals surface area contributed by atoms with Crippen LogP contribution in [0.3, 0.4) is 0 Å². The average molecular weight is 673 g/mol. The fraction of sp³-hybridized carbons (Fsp3) is 0.371. The first-order valence-corrected chi connectivity index (χ1v) is 16.4. The first kappa shape index (κ1) is 32.5. The van der Waals surface area contributed by atoms with E-state index in [1.807, 2.05) is 62.4 Å². The van der Waals surface area contributed by atoms with Crippen molar-refractivity contribution in [3.8, 4) is 11.4 Å². The predicted octanol–water partition coefficient (Wildman–Crippen LogP) is 4.55. The summed E-state index contributed by atoms with van der Waals surface area (Å²) in [6.07, 6.45) is 5.09. The SMILES string of the molecule is CCC(C)n1cnn(-c2ccc(N3CCN(c4ccc(OCC5COC(Cn6ccnn6)(c6ccc(F)cc6F)O5)cc4)CC3)cc2)c1=O. The molecule has 0 aliphatic carbocycles. The molecule has 2 aromatic heterocycles. The highest BCUT2D eigenvalue weighted by Crippen LogP contribution is 2.38. The van der Waals surface area contributed by atoms with E-state index in [-0.39, 0.29) is 37.1 Å². The molecule has 0 bridgehead atoms. The van der Waals surface area contributed by atoms with Gasteiger partial charge in [-0.05, 0) is 74.0 Å². The highest BCUT2D eigenvalue weighted by molar-refractivity contribution is 5.54. The molecule has 2 fully saturated rings. The maximum Gasteiger partial charge on any atom is 0.350 e. The lowest BCUT2D eigenvalue weighted by molar-refractivity contribution is -0.192. The van der Waals surface area contributed by atoms with Crippen molar-refractivity contribution >= 4 is 11.4 Å². The normalized spacial score (nSPS) is 20.1. The second-order valence-electron chi connectivity index (χ2n) is 12.3. The van der Waals surface area contributed by atoms with Gasteiger partial charge in [0.25, 0.3) is 0 Å². The third kappa shape index (κ3) is 6.78. The summed E-state index contributed by atoms with van der Waals surface area (Å²) in [6.45, 7) is 7.82. The Kier molecular flexibility index (Phi) is 9.15. The van der Waals surface area contributed by atoms with Gasteiger partial charge in [-0.2, -0.15) is 9.78 Å². The molecule has 0 amide bonds. The number of anilines is 2. The fourth-order valence-corrected chi connectivity index (χ4v) is 6.25. The Hall–Kier alpha value is -5.08.